The normalized spacial score (nSPS) is 17.8. The summed E-state index contributed by atoms with van der Waals surface area (Å²) in [6.07, 6.45) is 1.74. The number of carbonyl (C=O) groups excluding carboxylic acids is 1. The van der Waals surface area contributed by atoms with Crippen LogP contribution in [0.4, 0.5) is 4.39 Å². The number of hydrogen-bond acceptors (Lipinski definition) is 4. The molecule has 2 aliphatic rings. The van der Waals surface area contributed by atoms with Gasteiger partial charge < -0.3 is 9.64 Å². The van der Waals surface area contributed by atoms with Gasteiger partial charge in [0.1, 0.15) is 5.82 Å². The van der Waals surface area contributed by atoms with Crippen LogP contribution in [0, 0.1) is 5.82 Å². The minimum absolute atomic E-state index is 0.0406. The van der Waals surface area contributed by atoms with Crippen molar-refractivity contribution < 1.29 is 13.9 Å². The van der Waals surface area contributed by atoms with Crippen molar-refractivity contribution in [3.63, 3.8) is 0 Å². The van der Waals surface area contributed by atoms with E-state index in [0.717, 1.165) is 51.3 Å². The van der Waals surface area contributed by atoms with Crippen molar-refractivity contribution in [2.24, 2.45) is 0 Å². The third-order valence-electron chi connectivity index (χ3n) is 5.69. The van der Waals surface area contributed by atoms with E-state index in [1.54, 1.807) is 4.90 Å². The zero-order valence-corrected chi connectivity index (χ0v) is 17.4. The molecule has 6 nitrogen and oxygen atoms in total. The second-order valence-corrected chi connectivity index (χ2v) is 7.97. The third-order valence-corrected chi connectivity index (χ3v) is 5.92. The number of hydrogen-bond donors (Lipinski definition) is 0. The molecule has 2 aromatic rings. The molecule has 0 atom stereocenters. The zero-order chi connectivity index (χ0) is 20.4. The number of aryl methyl sites for hydroxylation is 1. The van der Waals surface area contributed by atoms with Gasteiger partial charge in [-0.2, -0.15) is 5.10 Å². The molecule has 2 aliphatic heterocycles. The molecule has 0 N–H and O–H groups in total. The topological polar surface area (TPSA) is 50.6 Å². The fourth-order valence-electron chi connectivity index (χ4n) is 4.14. The molecule has 1 fully saturated rings. The Balaban J connectivity index is 1.44. The zero-order valence-electron chi connectivity index (χ0n) is 16.7. The number of halogens is 2. The number of benzene rings is 1. The second-order valence-electron chi connectivity index (χ2n) is 7.54. The Morgan fingerprint density at radius 3 is 2.97 bits per heavy atom. The summed E-state index contributed by atoms with van der Waals surface area (Å²) in [7, 11) is 0. The van der Waals surface area contributed by atoms with Crippen LogP contribution in [-0.4, -0.2) is 58.3 Å². The standard InChI is InChI=1S/C21H26ClFN4O2/c1-2-27-20-6-11-29-14-17(20)19(24-27)13-25-7-3-8-26(10-9-25)21(28)16-12-15(22)4-5-18(16)23/h4-5,12H,2-3,6-11,13-14H2,1H3. The van der Waals surface area contributed by atoms with E-state index in [-0.39, 0.29) is 11.5 Å². The number of aromatic nitrogens is 2. The van der Waals surface area contributed by atoms with Crippen LogP contribution >= 0.6 is 11.6 Å². The van der Waals surface area contributed by atoms with E-state index in [4.69, 9.17) is 21.4 Å². The summed E-state index contributed by atoms with van der Waals surface area (Å²) in [6, 6.07) is 4.11. The van der Waals surface area contributed by atoms with Crippen molar-refractivity contribution in [1.29, 1.82) is 0 Å². The largest absolute Gasteiger partial charge is 0.376 e. The Labute approximate surface area is 175 Å². The van der Waals surface area contributed by atoms with Gasteiger partial charge >= 0.3 is 0 Å². The number of rotatable bonds is 4. The quantitative estimate of drug-likeness (QED) is 0.762. The first-order chi connectivity index (χ1) is 14.1. The van der Waals surface area contributed by atoms with Gasteiger partial charge in [0, 0.05) is 62.0 Å². The maximum Gasteiger partial charge on any atom is 0.256 e. The van der Waals surface area contributed by atoms with Gasteiger partial charge in [-0.05, 0) is 31.5 Å². The van der Waals surface area contributed by atoms with Gasteiger partial charge in [-0.3, -0.25) is 14.4 Å². The number of amides is 1. The van der Waals surface area contributed by atoms with Crippen LogP contribution in [0.1, 0.15) is 40.7 Å². The van der Waals surface area contributed by atoms with Crippen molar-refractivity contribution >= 4 is 17.5 Å². The van der Waals surface area contributed by atoms with E-state index in [1.165, 1.54) is 29.5 Å². The smallest absolute Gasteiger partial charge is 0.256 e. The van der Waals surface area contributed by atoms with Crippen molar-refractivity contribution in [2.45, 2.75) is 39.5 Å². The van der Waals surface area contributed by atoms with Gasteiger partial charge in [-0.25, -0.2) is 4.39 Å². The summed E-state index contributed by atoms with van der Waals surface area (Å²) < 4.78 is 21.8. The van der Waals surface area contributed by atoms with Gasteiger partial charge in [-0.1, -0.05) is 11.6 Å². The number of carbonyl (C=O) groups is 1. The van der Waals surface area contributed by atoms with E-state index >= 15 is 0 Å². The molecule has 1 amide bonds. The van der Waals surface area contributed by atoms with Gasteiger partial charge in [-0.15, -0.1) is 0 Å². The molecular formula is C21H26ClFN4O2. The molecule has 1 saturated heterocycles. The van der Waals surface area contributed by atoms with Crippen LogP contribution < -0.4 is 0 Å². The van der Waals surface area contributed by atoms with Crippen LogP contribution in [0.25, 0.3) is 0 Å². The maximum absolute atomic E-state index is 14.1. The lowest BCUT2D eigenvalue weighted by atomic mass is 10.1. The number of fused-ring (bicyclic) bond motifs is 1. The summed E-state index contributed by atoms with van der Waals surface area (Å²) >= 11 is 5.95. The van der Waals surface area contributed by atoms with Crippen molar-refractivity contribution in [1.82, 2.24) is 19.6 Å². The molecule has 156 valence electrons. The number of nitrogens with zero attached hydrogens (tertiary/aromatic N) is 4. The molecule has 1 aromatic carbocycles. The highest BCUT2D eigenvalue weighted by Crippen LogP contribution is 2.23. The van der Waals surface area contributed by atoms with E-state index in [0.29, 0.717) is 24.7 Å². The minimum atomic E-state index is -0.530. The summed E-state index contributed by atoms with van der Waals surface area (Å²) in [5.74, 6) is -0.829. The molecule has 29 heavy (non-hydrogen) atoms. The third kappa shape index (κ3) is 4.32. The SMILES string of the molecule is CCn1nc(CN2CCCN(C(=O)c3cc(Cl)ccc3F)CC2)c2c1CCOC2. The van der Waals surface area contributed by atoms with Crippen molar-refractivity contribution in [2.75, 3.05) is 32.8 Å². The van der Waals surface area contributed by atoms with Crippen molar-refractivity contribution in [3.8, 4) is 0 Å². The Hall–Kier alpha value is -1.96. The van der Waals surface area contributed by atoms with Gasteiger partial charge in [0.25, 0.3) is 5.91 Å². The van der Waals surface area contributed by atoms with Crippen molar-refractivity contribution in [3.05, 3.63) is 51.6 Å². The van der Waals surface area contributed by atoms with Gasteiger partial charge in [0.05, 0.1) is 24.5 Å². The summed E-state index contributed by atoms with van der Waals surface area (Å²) in [5, 5.41) is 5.17. The molecule has 0 bridgehead atoms. The first-order valence-corrected chi connectivity index (χ1v) is 10.6. The fourth-order valence-corrected chi connectivity index (χ4v) is 4.31. The second kappa shape index (κ2) is 8.81. The van der Waals surface area contributed by atoms with Crippen LogP contribution in [0.3, 0.4) is 0 Å². The lowest BCUT2D eigenvalue weighted by molar-refractivity contribution is 0.0756. The molecule has 4 rings (SSSR count). The predicted octanol–water partition coefficient (Wildman–Crippen LogP) is 3.12. The highest BCUT2D eigenvalue weighted by atomic mass is 35.5. The van der Waals surface area contributed by atoms with E-state index < -0.39 is 5.82 Å². The molecule has 0 aliphatic carbocycles. The van der Waals surface area contributed by atoms with Crippen LogP contribution in [0.2, 0.25) is 5.02 Å². The summed E-state index contributed by atoms with van der Waals surface area (Å²) in [5.41, 5.74) is 3.62. The monoisotopic (exact) mass is 420 g/mol. The minimum Gasteiger partial charge on any atom is -0.376 e. The summed E-state index contributed by atoms with van der Waals surface area (Å²) in [4.78, 5) is 16.8. The molecule has 0 spiro atoms. The molecular weight excluding hydrogens is 395 g/mol. The maximum atomic E-state index is 14.1. The van der Waals surface area contributed by atoms with Crippen LogP contribution in [-0.2, 0) is 30.9 Å². The number of ether oxygens (including phenoxy) is 1. The van der Waals surface area contributed by atoms with E-state index in [2.05, 4.69) is 16.5 Å². The molecule has 1 aromatic heterocycles. The lowest BCUT2D eigenvalue weighted by Crippen LogP contribution is -2.35. The van der Waals surface area contributed by atoms with Gasteiger partial charge in [0.2, 0.25) is 0 Å². The molecule has 0 unspecified atom stereocenters. The average Bonchev–Trinajstić information content (AvgIpc) is 2.91. The van der Waals surface area contributed by atoms with Crippen LogP contribution in [0.15, 0.2) is 18.2 Å². The lowest BCUT2D eigenvalue weighted by Gasteiger charge is -2.22. The Kier molecular flexibility index (Phi) is 6.18. The molecule has 0 radical (unpaired) electrons. The summed E-state index contributed by atoms with van der Waals surface area (Å²) in [6.45, 7) is 7.83. The van der Waals surface area contributed by atoms with E-state index in [1.807, 2.05) is 0 Å². The fraction of sp³-hybridized carbons (Fsp3) is 0.524. The van der Waals surface area contributed by atoms with Gasteiger partial charge in [0.15, 0.2) is 0 Å². The predicted molar refractivity (Wildman–Crippen MR) is 108 cm³/mol. The molecule has 8 heteroatoms. The van der Waals surface area contributed by atoms with Crippen LogP contribution in [0.5, 0.6) is 0 Å². The first kappa shape index (κ1) is 20.3. The van der Waals surface area contributed by atoms with E-state index in [9.17, 15) is 9.18 Å². The first-order valence-electron chi connectivity index (χ1n) is 10.2. The highest BCUT2D eigenvalue weighted by molar-refractivity contribution is 6.31. The highest BCUT2D eigenvalue weighted by Gasteiger charge is 2.25. The molecule has 0 saturated carbocycles. The molecule has 3 heterocycles. The Morgan fingerprint density at radius 1 is 1.28 bits per heavy atom. The Morgan fingerprint density at radius 2 is 2.14 bits per heavy atom. The Bertz CT molecular complexity index is 901. The average molecular weight is 421 g/mol.